The Labute approximate surface area is 122 Å². The molecular formula is C18H16FNO. The van der Waals surface area contributed by atoms with Crippen molar-refractivity contribution < 1.29 is 4.39 Å². The summed E-state index contributed by atoms with van der Waals surface area (Å²) < 4.78 is 12.9. The predicted molar refractivity (Wildman–Crippen MR) is 83.1 cm³/mol. The zero-order chi connectivity index (χ0) is 14.8. The Balaban J connectivity index is 1.92. The molecule has 1 heterocycles. The van der Waals surface area contributed by atoms with Gasteiger partial charge in [-0.3, -0.25) is 4.79 Å². The number of rotatable bonds is 3. The summed E-state index contributed by atoms with van der Waals surface area (Å²) in [6, 6.07) is 14.0. The van der Waals surface area contributed by atoms with Gasteiger partial charge in [-0.15, -0.1) is 0 Å². The van der Waals surface area contributed by atoms with Crippen LogP contribution in [0.4, 0.5) is 4.39 Å². The molecule has 1 aromatic heterocycles. The van der Waals surface area contributed by atoms with E-state index in [4.69, 9.17) is 0 Å². The smallest absolute Gasteiger partial charge is 0.192 e. The molecule has 1 N–H and O–H groups in total. The molecule has 0 aliphatic carbocycles. The lowest BCUT2D eigenvalue weighted by molar-refractivity contribution is 0.627. The van der Waals surface area contributed by atoms with Gasteiger partial charge in [0.15, 0.2) is 5.43 Å². The minimum Gasteiger partial charge on any atom is -0.358 e. The number of benzene rings is 2. The number of halogens is 1. The Morgan fingerprint density at radius 3 is 2.48 bits per heavy atom. The van der Waals surface area contributed by atoms with E-state index >= 15 is 0 Å². The summed E-state index contributed by atoms with van der Waals surface area (Å²) in [5, 5.41) is 0.723. The maximum atomic E-state index is 12.9. The summed E-state index contributed by atoms with van der Waals surface area (Å²) in [5.74, 6) is -0.228. The third-order valence-electron chi connectivity index (χ3n) is 3.83. The van der Waals surface area contributed by atoms with E-state index in [0.29, 0.717) is 0 Å². The van der Waals surface area contributed by atoms with E-state index in [9.17, 15) is 9.18 Å². The Morgan fingerprint density at radius 2 is 1.71 bits per heavy atom. The van der Waals surface area contributed by atoms with E-state index in [1.165, 1.54) is 12.1 Å². The van der Waals surface area contributed by atoms with Gasteiger partial charge in [0.05, 0.1) is 0 Å². The van der Waals surface area contributed by atoms with Crippen LogP contribution in [0.3, 0.4) is 0 Å². The third kappa shape index (κ3) is 2.72. The molecule has 0 fully saturated rings. The highest BCUT2D eigenvalue weighted by atomic mass is 18.2. The SMILES string of the molecule is Cc1c(CCc2ccc([18F])cc2)[nH]c2ccccc2c1=O. The van der Waals surface area contributed by atoms with Crippen molar-refractivity contribution in [1.82, 2.24) is 4.98 Å². The zero-order valence-electron chi connectivity index (χ0n) is 11.8. The summed E-state index contributed by atoms with van der Waals surface area (Å²) >= 11 is 0. The maximum Gasteiger partial charge on any atom is 0.192 e. The van der Waals surface area contributed by atoms with Gasteiger partial charge in [-0.2, -0.15) is 0 Å². The van der Waals surface area contributed by atoms with Crippen molar-refractivity contribution in [3.63, 3.8) is 0 Å². The Hall–Kier alpha value is -2.42. The molecule has 0 spiro atoms. The van der Waals surface area contributed by atoms with Gasteiger partial charge in [0, 0.05) is 22.2 Å². The van der Waals surface area contributed by atoms with Gasteiger partial charge in [-0.1, -0.05) is 24.3 Å². The molecule has 0 atom stereocenters. The molecule has 3 aromatic rings. The van der Waals surface area contributed by atoms with Gasteiger partial charge in [-0.05, 0) is 49.6 Å². The van der Waals surface area contributed by atoms with Crippen LogP contribution in [0.5, 0.6) is 0 Å². The van der Waals surface area contributed by atoms with Gasteiger partial charge in [0.2, 0.25) is 0 Å². The first-order valence-corrected chi connectivity index (χ1v) is 7.00. The van der Waals surface area contributed by atoms with Gasteiger partial charge in [0.25, 0.3) is 0 Å². The summed E-state index contributed by atoms with van der Waals surface area (Å²) in [7, 11) is 0. The normalized spacial score (nSPS) is 11.0. The van der Waals surface area contributed by atoms with E-state index in [0.717, 1.165) is 40.6 Å². The lowest BCUT2D eigenvalue weighted by Gasteiger charge is -2.08. The van der Waals surface area contributed by atoms with Crippen molar-refractivity contribution in [3.8, 4) is 0 Å². The molecule has 0 aliphatic heterocycles. The quantitative estimate of drug-likeness (QED) is 0.778. The van der Waals surface area contributed by atoms with E-state index in [1.807, 2.05) is 31.2 Å². The fraction of sp³-hybridized carbons (Fsp3) is 0.167. The molecule has 0 saturated heterocycles. The molecule has 2 nitrogen and oxygen atoms in total. The van der Waals surface area contributed by atoms with Crippen molar-refractivity contribution in [3.05, 3.63) is 81.4 Å². The van der Waals surface area contributed by atoms with Gasteiger partial charge in [0.1, 0.15) is 5.82 Å². The fourth-order valence-electron chi connectivity index (χ4n) is 2.56. The first-order valence-electron chi connectivity index (χ1n) is 7.00. The van der Waals surface area contributed by atoms with Crippen LogP contribution in [0, 0.1) is 12.7 Å². The van der Waals surface area contributed by atoms with Gasteiger partial charge in [-0.25, -0.2) is 4.39 Å². The second-order valence-electron chi connectivity index (χ2n) is 5.23. The van der Waals surface area contributed by atoms with Gasteiger partial charge >= 0.3 is 0 Å². The molecule has 0 aliphatic rings. The number of aromatic amines is 1. The topological polar surface area (TPSA) is 32.9 Å². The van der Waals surface area contributed by atoms with Crippen molar-refractivity contribution in [2.75, 3.05) is 0 Å². The molecule has 0 radical (unpaired) electrons. The van der Waals surface area contributed by atoms with Crippen LogP contribution < -0.4 is 5.43 Å². The van der Waals surface area contributed by atoms with Gasteiger partial charge < -0.3 is 4.98 Å². The molecule has 3 heteroatoms. The highest BCUT2D eigenvalue weighted by Gasteiger charge is 2.08. The summed E-state index contributed by atoms with van der Waals surface area (Å²) in [5.41, 5.74) is 3.71. The maximum absolute atomic E-state index is 12.9. The highest BCUT2D eigenvalue weighted by molar-refractivity contribution is 5.79. The highest BCUT2D eigenvalue weighted by Crippen LogP contribution is 2.13. The van der Waals surface area contributed by atoms with Crippen molar-refractivity contribution in [2.24, 2.45) is 0 Å². The zero-order valence-corrected chi connectivity index (χ0v) is 11.8. The molecule has 0 unspecified atom stereocenters. The minimum absolute atomic E-state index is 0.0819. The fourth-order valence-corrected chi connectivity index (χ4v) is 2.56. The number of pyridine rings is 1. The van der Waals surface area contributed by atoms with Crippen molar-refractivity contribution in [1.29, 1.82) is 0 Å². The molecule has 21 heavy (non-hydrogen) atoms. The second kappa shape index (κ2) is 5.52. The monoisotopic (exact) mass is 280 g/mol. The van der Waals surface area contributed by atoms with Crippen LogP contribution in [0.2, 0.25) is 0 Å². The molecule has 3 rings (SSSR count). The lowest BCUT2D eigenvalue weighted by Crippen LogP contribution is -2.12. The van der Waals surface area contributed by atoms with Crippen molar-refractivity contribution in [2.45, 2.75) is 19.8 Å². The number of para-hydroxylation sites is 1. The van der Waals surface area contributed by atoms with E-state index in [1.54, 1.807) is 12.1 Å². The molecule has 0 amide bonds. The summed E-state index contributed by atoms with van der Waals surface area (Å²) in [6.07, 6.45) is 1.51. The Kier molecular flexibility index (Phi) is 3.57. The number of fused-ring (bicyclic) bond motifs is 1. The van der Waals surface area contributed by atoms with E-state index in [2.05, 4.69) is 4.98 Å². The first-order chi connectivity index (χ1) is 10.1. The van der Waals surface area contributed by atoms with E-state index in [-0.39, 0.29) is 11.2 Å². The number of aryl methyl sites for hydroxylation is 2. The summed E-state index contributed by atoms with van der Waals surface area (Å²) in [6.45, 7) is 1.85. The third-order valence-corrected chi connectivity index (χ3v) is 3.83. The molecule has 106 valence electrons. The van der Waals surface area contributed by atoms with Crippen LogP contribution in [0.1, 0.15) is 16.8 Å². The van der Waals surface area contributed by atoms with Crippen molar-refractivity contribution >= 4 is 10.9 Å². The predicted octanol–water partition coefficient (Wildman–Crippen LogP) is 3.76. The van der Waals surface area contributed by atoms with Crippen LogP contribution in [0.15, 0.2) is 53.3 Å². The lowest BCUT2D eigenvalue weighted by atomic mass is 10.0. The number of aromatic nitrogens is 1. The van der Waals surface area contributed by atoms with E-state index < -0.39 is 0 Å². The van der Waals surface area contributed by atoms with Crippen LogP contribution in [-0.2, 0) is 12.8 Å². The first kappa shape index (κ1) is 13.6. The number of hydrogen-bond donors (Lipinski definition) is 1. The Morgan fingerprint density at radius 1 is 1.00 bits per heavy atom. The largest absolute Gasteiger partial charge is 0.358 e. The molecule has 0 bridgehead atoms. The second-order valence-corrected chi connectivity index (χ2v) is 5.23. The van der Waals surface area contributed by atoms with Crippen LogP contribution >= 0.6 is 0 Å². The Bertz CT molecular complexity index is 834. The van der Waals surface area contributed by atoms with Crippen LogP contribution in [0.25, 0.3) is 10.9 Å². The molecule has 2 aromatic carbocycles. The molecule has 0 saturated carbocycles. The number of H-pyrrole nitrogens is 1. The number of nitrogens with one attached hydrogen (secondary N) is 1. The number of hydrogen-bond acceptors (Lipinski definition) is 1. The summed E-state index contributed by atoms with van der Waals surface area (Å²) in [4.78, 5) is 15.7. The molecular weight excluding hydrogens is 264 g/mol. The average Bonchev–Trinajstić information content (AvgIpc) is 2.51. The van der Waals surface area contributed by atoms with Crippen LogP contribution in [-0.4, -0.2) is 4.98 Å². The standard InChI is InChI=1S/C18H16FNO/c1-12-16(11-8-13-6-9-14(19)10-7-13)20-17-5-3-2-4-15(17)18(12)21/h2-7,9-10H,8,11H2,1H3,(H,20,21)/i19-1. The minimum atomic E-state index is -0.228. The average molecular weight is 280 g/mol.